The molecule has 0 aliphatic carbocycles. The van der Waals surface area contributed by atoms with E-state index in [1.54, 1.807) is 0 Å². The van der Waals surface area contributed by atoms with E-state index in [4.69, 9.17) is 5.73 Å². The molecule has 0 spiro atoms. The molecule has 5 heteroatoms. The Morgan fingerprint density at radius 2 is 1.72 bits per heavy atom. The SMILES string of the molecule is NC(=O)CC1CCN(C(=O)C2CCNCC2)CC1. The summed E-state index contributed by atoms with van der Waals surface area (Å²) >= 11 is 0. The molecule has 0 radical (unpaired) electrons. The van der Waals surface area contributed by atoms with E-state index >= 15 is 0 Å². The Balaban J connectivity index is 1.78. The van der Waals surface area contributed by atoms with Crippen LogP contribution in [0.4, 0.5) is 0 Å². The number of piperidine rings is 2. The van der Waals surface area contributed by atoms with Crippen LogP contribution in [0.15, 0.2) is 0 Å². The summed E-state index contributed by atoms with van der Waals surface area (Å²) in [4.78, 5) is 25.1. The molecule has 2 fully saturated rings. The van der Waals surface area contributed by atoms with Crippen LogP contribution in [0.1, 0.15) is 32.1 Å². The summed E-state index contributed by atoms with van der Waals surface area (Å²) in [6, 6.07) is 0. The van der Waals surface area contributed by atoms with Crippen molar-refractivity contribution in [3.8, 4) is 0 Å². The van der Waals surface area contributed by atoms with Gasteiger partial charge >= 0.3 is 0 Å². The van der Waals surface area contributed by atoms with Crippen LogP contribution in [0.2, 0.25) is 0 Å². The Labute approximate surface area is 108 Å². The molecule has 0 bridgehead atoms. The van der Waals surface area contributed by atoms with Crippen molar-refractivity contribution in [3.63, 3.8) is 0 Å². The summed E-state index contributed by atoms with van der Waals surface area (Å²) in [5.41, 5.74) is 5.21. The van der Waals surface area contributed by atoms with Gasteiger partial charge in [-0.1, -0.05) is 0 Å². The number of primary amides is 1. The van der Waals surface area contributed by atoms with E-state index in [1.807, 2.05) is 4.90 Å². The van der Waals surface area contributed by atoms with E-state index in [-0.39, 0.29) is 11.8 Å². The van der Waals surface area contributed by atoms with E-state index in [0.717, 1.165) is 51.9 Å². The molecule has 2 amide bonds. The second-order valence-electron chi connectivity index (χ2n) is 5.46. The maximum Gasteiger partial charge on any atom is 0.225 e. The number of hydrogen-bond donors (Lipinski definition) is 2. The van der Waals surface area contributed by atoms with Crippen molar-refractivity contribution in [3.05, 3.63) is 0 Å². The molecule has 2 aliphatic rings. The van der Waals surface area contributed by atoms with Gasteiger partial charge in [-0.15, -0.1) is 0 Å². The van der Waals surface area contributed by atoms with Crippen molar-refractivity contribution in [2.75, 3.05) is 26.2 Å². The van der Waals surface area contributed by atoms with Crippen molar-refractivity contribution in [2.45, 2.75) is 32.1 Å². The van der Waals surface area contributed by atoms with Crippen LogP contribution in [-0.2, 0) is 9.59 Å². The van der Waals surface area contributed by atoms with E-state index in [1.165, 1.54) is 0 Å². The van der Waals surface area contributed by atoms with Crippen LogP contribution in [0, 0.1) is 11.8 Å². The quantitative estimate of drug-likeness (QED) is 0.749. The molecular weight excluding hydrogens is 230 g/mol. The van der Waals surface area contributed by atoms with Crippen molar-refractivity contribution in [1.82, 2.24) is 10.2 Å². The molecular formula is C13H23N3O2. The van der Waals surface area contributed by atoms with Gasteiger partial charge in [-0.3, -0.25) is 9.59 Å². The zero-order valence-electron chi connectivity index (χ0n) is 10.9. The van der Waals surface area contributed by atoms with Crippen molar-refractivity contribution in [1.29, 1.82) is 0 Å². The largest absolute Gasteiger partial charge is 0.370 e. The molecule has 0 atom stereocenters. The third-order valence-electron chi connectivity index (χ3n) is 4.10. The van der Waals surface area contributed by atoms with E-state index < -0.39 is 0 Å². The van der Waals surface area contributed by atoms with Crippen molar-refractivity contribution >= 4 is 11.8 Å². The number of likely N-dealkylation sites (tertiary alicyclic amines) is 1. The molecule has 5 nitrogen and oxygen atoms in total. The first-order valence-electron chi connectivity index (χ1n) is 6.94. The minimum Gasteiger partial charge on any atom is -0.370 e. The first kappa shape index (κ1) is 13.3. The first-order chi connectivity index (χ1) is 8.66. The molecule has 2 rings (SSSR count). The third kappa shape index (κ3) is 3.45. The van der Waals surface area contributed by atoms with E-state index in [9.17, 15) is 9.59 Å². The smallest absolute Gasteiger partial charge is 0.225 e. The molecule has 0 unspecified atom stereocenters. The van der Waals surface area contributed by atoms with Crippen molar-refractivity contribution < 1.29 is 9.59 Å². The minimum atomic E-state index is -0.224. The van der Waals surface area contributed by atoms with Gasteiger partial charge in [-0.25, -0.2) is 0 Å². The van der Waals surface area contributed by atoms with Crippen LogP contribution >= 0.6 is 0 Å². The zero-order chi connectivity index (χ0) is 13.0. The maximum absolute atomic E-state index is 12.3. The molecule has 0 aromatic heterocycles. The van der Waals surface area contributed by atoms with Crippen LogP contribution < -0.4 is 11.1 Å². The first-order valence-corrected chi connectivity index (χ1v) is 6.94. The number of nitrogens with two attached hydrogens (primary N) is 1. The topological polar surface area (TPSA) is 75.4 Å². The van der Waals surface area contributed by atoms with Crippen LogP contribution in [0.3, 0.4) is 0 Å². The highest BCUT2D eigenvalue weighted by Crippen LogP contribution is 2.23. The summed E-state index contributed by atoms with van der Waals surface area (Å²) in [5.74, 6) is 0.672. The monoisotopic (exact) mass is 253 g/mol. The highest BCUT2D eigenvalue weighted by Gasteiger charge is 2.29. The third-order valence-corrected chi connectivity index (χ3v) is 4.10. The number of hydrogen-bond acceptors (Lipinski definition) is 3. The highest BCUT2D eigenvalue weighted by molar-refractivity contribution is 5.79. The second kappa shape index (κ2) is 6.18. The molecule has 0 saturated carbocycles. The normalized spacial score (nSPS) is 23.0. The van der Waals surface area contributed by atoms with E-state index in [0.29, 0.717) is 18.2 Å². The summed E-state index contributed by atoms with van der Waals surface area (Å²) in [6.07, 6.45) is 4.22. The van der Waals surface area contributed by atoms with Gasteiger partial charge in [0, 0.05) is 25.4 Å². The number of nitrogens with one attached hydrogen (secondary N) is 1. The minimum absolute atomic E-state index is 0.207. The molecule has 2 saturated heterocycles. The predicted octanol–water partition coefficient (Wildman–Crippen LogP) is 0.1000. The molecule has 3 N–H and O–H groups in total. The van der Waals surface area contributed by atoms with Crippen LogP contribution in [0.25, 0.3) is 0 Å². The lowest BCUT2D eigenvalue weighted by Gasteiger charge is -2.35. The standard InChI is InChI=1S/C13H23N3O2/c14-12(17)9-10-3-7-16(8-4-10)13(18)11-1-5-15-6-2-11/h10-11,15H,1-9H2,(H2,14,17). The Bertz CT molecular complexity index is 305. The van der Waals surface area contributed by atoms with Gasteiger partial charge in [0.1, 0.15) is 0 Å². The maximum atomic E-state index is 12.3. The predicted molar refractivity (Wildman–Crippen MR) is 68.7 cm³/mol. The lowest BCUT2D eigenvalue weighted by Crippen LogP contribution is -2.44. The number of carbonyl (C=O) groups is 2. The zero-order valence-corrected chi connectivity index (χ0v) is 10.9. The molecule has 2 heterocycles. The van der Waals surface area contributed by atoms with Gasteiger partial charge in [0.15, 0.2) is 0 Å². The van der Waals surface area contributed by atoms with E-state index in [2.05, 4.69) is 5.32 Å². The fourth-order valence-corrected chi connectivity index (χ4v) is 2.97. The second-order valence-corrected chi connectivity index (χ2v) is 5.46. The summed E-state index contributed by atoms with van der Waals surface area (Å²) in [7, 11) is 0. The van der Waals surface area contributed by atoms with Crippen molar-refractivity contribution in [2.24, 2.45) is 17.6 Å². The summed E-state index contributed by atoms with van der Waals surface area (Å²) in [6.45, 7) is 3.49. The van der Waals surface area contributed by atoms with Gasteiger partial charge in [-0.2, -0.15) is 0 Å². The number of nitrogens with zero attached hydrogens (tertiary/aromatic N) is 1. The average Bonchev–Trinajstić information content (AvgIpc) is 2.39. The van der Waals surface area contributed by atoms with Crippen LogP contribution in [0.5, 0.6) is 0 Å². The fraction of sp³-hybridized carbons (Fsp3) is 0.846. The average molecular weight is 253 g/mol. The number of rotatable bonds is 3. The molecule has 18 heavy (non-hydrogen) atoms. The molecule has 102 valence electrons. The Morgan fingerprint density at radius 1 is 1.11 bits per heavy atom. The Kier molecular flexibility index (Phi) is 4.58. The summed E-state index contributed by atoms with van der Waals surface area (Å²) < 4.78 is 0. The van der Waals surface area contributed by atoms with Gasteiger partial charge in [-0.05, 0) is 44.7 Å². The van der Waals surface area contributed by atoms with Gasteiger partial charge in [0.05, 0.1) is 0 Å². The Morgan fingerprint density at radius 3 is 2.28 bits per heavy atom. The van der Waals surface area contributed by atoms with Gasteiger partial charge < -0.3 is 16.0 Å². The molecule has 0 aromatic rings. The van der Waals surface area contributed by atoms with Gasteiger partial charge in [0.25, 0.3) is 0 Å². The van der Waals surface area contributed by atoms with Crippen LogP contribution in [-0.4, -0.2) is 42.9 Å². The Hall–Kier alpha value is -1.10. The number of carbonyl (C=O) groups excluding carboxylic acids is 2. The lowest BCUT2D eigenvalue weighted by molar-refractivity contribution is -0.137. The highest BCUT2D eigenvalue weighted by atomic mass is 16.2. The van der Waals surface area contributed by atoms with Gasteiger partial charge in [0.2, 0.25) is 11.8 Å². The summed E-state index contributed by atoms with van der Waals surface area (Å²) in [5, 5.41) is 3.28. The number of amides is 2. The molecule has 0 aromatic carbocycles. The fourth-order valence-electron chi connectivity index (χ4n) is 2.97. The lowest BCUT2D eigenvalue weighted by atomic mass is 9.91. The molecule has 2 aliphatic heterocycles.